The van der Waals surface area contributed by atoms with E-state index in [0.29, 0.717) is 5.92 Å². The maximum absolute atomic E-state index is 12.5. The fourth-order valence-corrected chi connectivity index (χ4v) is 3.25. The molecule has 1 saturated heterocycles. The lowest BCUT2D eigenvalue weighted by Crippen LogP contribution is -2.53. The lowest BCUT2D eigenvalue weighted by molar-refractivity contribution is -0.131. The Morgan fingerprint density at radius 3 is 2.72 bits per heavy atom. The van der Waals surface area contributed by atoms with Gasteiger partial charge in [-0.2, -0.15) is 5.10 Å². The number of carbonyl (C=O) groups is 2. The lowest BCUT2D eigenvalue weighted by Gasteiger charge is -2.38. The van der Waals surface area contributed by atoms with Gasteiger partial charge in [0.25, 0.3) is 0 Å². The van der Waals surface area contributed by atoms with Crippen molar-refractivity contribution in [2.24, 2.45) is 5.92 Å². The number of nitrogens with one attached hydrogen (secondary N) is 2. The van der Waals surface area contributed by atoms with Crippen molar-refractivity contribution in [2.45, 2.75) is 65.6 Å². The monoisotopic (exact) mass is 349 g/mol. The molecule has 2 heterocycles. The molecular weight excluding hydrogens is 318 g/mol. The van der Waals surface area contributed by atoms with Crippen molar-refractivity contribution in [3.05, 3.63) is 12.3 Å². The topological polar surface area (TPSA) is 79.3 Å². The summed E-state index contributed by atoms with van der Waals surface area (Å²) in [5.74, 6) is 1.10. The highest BCUT2D eigenvalue weighted by molar-refractivity contribution is 5.93. The van der Waals surface area contributed by atoms with Crippen molar-refractivity contribution >= 4 is 17.6 Å². The molecule has 140 valence electrons. The molecule has 1 fully saturated rings. The van der Waals surface area contributed by atoms with E-state index in [0.717, 1.165) is 31.7 Å². The van der Waals surface area contributed by atoms with Crippen LogP contribution in [0.2, 0.25) is 0 Å². The van der Waals surface area contributed by atoms with Crippen LogP contribution in [0.1, 0.15) is 53.5 Å². The first-order valence-corrected chi connectivity index (χ1v) is 9.19. The second-order valence-electron chi connectivity index (χ2n) is 7.13. The van der Waals surface area contributed by atoms with E-state index in [1.807, 2.05) is 22.6 Å². The number of aromatic nitrogens is 2. The maximum Gasteiger partial charge on any atom is 0.242 e. The summed E-state index contributed by atoms with van der Waals surface area (Å²) < 4.78 is 1.85. The van der Waals surface area contributed by atoms with E-state index in [1.165, 1.54) is 0 Å². The van der Waals surface area contributed by atoms with Crippen LogP contribution >= 0.6 is 0 Å². The molecule has 2 amide bonds. The van der Waals surface area contributed by atoms with Gasteiger partial charge in [-0.1, -0.05) is 13.8 Å². The van der Waals surface area contributed by atoms with Gasteiger partial charge in [-0.15, -0.1) is 0 Å². The van der Waals surface area contributed by atoms with Crippen LogP contribution in [-0.4, -0.2) is 51.7 Å². The minimum atomic E-state index is -0.309. The molecule has 1 aromatic heterocycles. The Morgan fingerprint density at radius 1 is 1.40 bits per heavy atom. The highest BCUT2D eigenvalue weighted by Gasteiger charge is 2.29. The van der Waals surface area contributed by atoms with Gasteiger partial charge >= 0.3 is 0 Å². The number of carbonyl (C=O) groups excluding carboxylic acids is 2. The van der Waals surface area contributed by atoms with Crippen molar-refractivity contribution in [2.75, 3.05) is 18.4 Å². The van der Waals surface area contributed by atoms with Gasteiger partial charge in [0.05, 0.1) is 18.3 Å². The number of piperidine rings is 1. The van der Waals surface area contributed by atoms with Crippen LogP contribution in [0, 0.1) is 5.92 Å². The summed E-state index contributed by atoms with van der Waals surface area (Å²) >= 11 is 0. The van der Waals surface area contributed by atoms with Crippen LogP contribution in [0.3, 0.4) is 0 Å². The second kappa shape index (κ2) is 8.47. The molecule has 2 rings (SSSR count). The highest BCUT2D eigenvalue weighted by Crippen LogP contribution is 2.19. The second-order valence-corrected chi connectivity index (χ2v) is 7.13. The van der Waals surface area contributed by atoms with E-state index in [2.05, 4.69) is 36.5 Å². The largest absolute Gasteiger partial charge is 0.343 e. The molecule has 0 bridgehead atoms. The van der Waals surface area contributed by atoms with E-state index in [9.17, 15) is 9.59 Å². The predicted octanol–water partition coefficient (Wildman–Crippen LogP) is 2.03. The molecule has 25 heavy (non-hydrogen) atoms. The molecule has 0 aliphatic carbocycles. The Balaban J connectivity index is 1.91. The van der Waals surface area contributed by atoms with Gasteiger partial charge < -0.3 is 15.5 Å². The van der Waals surface area contributed by atoms with Gasteiger partial charge in [0.15, 0.2) is 0 Å². The molecule has 4 atom stereocenters. The van der Waals surface area contributed by atoms with E-state index in [4.69, 9.17) is 0 Å². The van der Waals surface area contributed by atoms with Gasteiger partial charge in [-0.3, -0.25) is 9.59 Å². The molecule has 0 saturated carbocycles. The summed E-state index contributed by atoms with van der Waals surface area (Å²) in [6.07, 6.45) is 3.52. The number of amides is 2. The number of hydrogen-bond donors (Lipinski definition) is 2. The number of likely N-dealkylation sites (tertiary alicyclic amines) is 1. The third-order valence-corrected chi connectivity index (χ3v) is 5.14. The molecule has 2 N–H and O–H groups in total. The Bertz CT molecular complexity index is 600. The van der Waals surface area contributed by atoms with Crippen molar-refractivity contribution < 1.29 is 9.59 Å². The van der Waals surface area contributed by atoms with Crippen molar-refractivity contribution in [1.82, 2.24) is 20.0 Å². The van der Waals surface area contributed by atoms with E-state index < -0.39 is 0 Å². The summed E-state index contributed by atoms with van der Waals surface area (Å²) in [6.45, 7) is 11.3. The molecule has 0 unspecified atom stereocenters. The van der Waals surface area contributed by atoms with E-state index in [-0.39, 0.29) is 29.9 Å². The Hall–Kier alpha value is -1.89. The Kier molecular flexibility index (Phi) is 6.58. The van der Waals surface area contributed by atoms with Crippen LogP contribution in [-0.2, 0) is 9.59 Å². The average Bonchev–Trinajstić information content (AvgIpc) is 3.03. The SMILES string of the molecule is CC[C@H](C)n1nccc1NC(=O)[C@H](C)N[C@@H]1CCN(C(C)=O)C[C@H]1C. The summed E-state index contributed by atoms with van der Waals surface area (Å²) in [5.41, 5.74) is 0. The predicted molar refractivity (Wildman–Crippen MR) is 98.3 cm³/mol. The smallest absolute Gasteiger partial charge is 0.242 e. The van der Waals surface area contributed by atoms with Crippen LogP contribution in [0.25, 0.3) is 0 Å². The molecular formula is C18H31N5O2. The zero-order valence-corrected chi connectivity index (χ0v) is 16.0. The van der Waals surface area contributed by atoms with Crippen LogP contribution in [0.4, 0.5) is 5.82 Å². The van der Waals surface area contributed by atoms with Crippen LogP contribution in [0.5, 0.6) is 0 Å². The lowest BCUT2D eigenvalue weighted by atomic mass is 9.93. The van der Waals surface area contributed by atoms with Gasteiger partial charge in [-0.25, -0.2) is 4.68 Å². The maximum atomic E-state index is 12.5. The summed E-state index contributed by atoms with van der Waals surface area (Å²) in [6, 6.07) is 1.99. The summed E-state index contributed by atoms with van der Waals surface area (Å²) in [4.78, 5) is 25.9. The normalized spacial score (nSPS) is 23.2. The first kappa shape index (κ1) is 19.4. The Labute approximate surface area is 150 Å². The van der Waals surface area contributed by atoms with Gasteiger partial charge in [0.2, 0.25) is 11.8 Å². The molecule has 1 aliphatic rings. The fraction of sp³-hybridized carbons (Fsp3) is 0.722. The minimum Gasteiger partial charge on any atom is -0.343 e. The molecule has 1 aromatic rings. The molecule has 0 spiro atoms. The number of rotatable bonds is 6. The number of nitrogens with zero attached hydrogens (tertiary/aromatic N) is 3. The quantitative estimate of drug-likeness (QED) is 0.823. The van der Waals surface area contributed by atoms with Crippen LogP contribution < -0.4 is 10.6 Å². The molecule has 0 radical (unpaired) electrons. The first-order valence-electron chi connectivity index (χ1n) is 9.19. The fourth-order valence-electron chi connectivity index (χ4n) is 3.25. The van der Waals surface area contributed by atoms with Crippen molar-refractivity contribution in [1.29, 1.82) is 0 Å². The molecule has 7 heteroatoms. The van der Waals surface area contributed by atoms with Gasteiger partial charge in [0, 0.05) is 32.1 Å². The third-order valence-electron chi connectivity index (χ3n) is 5.14. The summed E-state index contributed by atoms with van der Waals surface area (Å²) in [7, 11) is 0. The standard InChI is InChI=1S/C18H31N5O2/c1-6-13(3)23-17(7-9-19-23)21-18(25)14(4)20-16-8-10-22(15(5)24)11-12(16)2/h7,9,12-14,16,20H,6,8,10-11H2,1-5H3,(H,21,25)/t12-,13+,14+,16-/m1/s1. The average molecular weight is 349 g/mol. The van der Waals surface area contributed by atoms with Crippen molar-refractivity contribution in [3.63, 3.8) is 0 Å². The molecule has 7 nitrogen and oxygen atoms in total. The molecule has 0 aromatic carbocycles. The van der Waals surface area contributed by atoms with Gasteiger partial charge in [0.1, 0.15) is 5.82 Å². The zero-order chi connectivity index (χ0) is 18.6. The zero-order valence-electron chi connectivity index (χ0n) is 16.0. The number of hydrogen-bond acceptors (Lipinski definition) is 4. The highest BCUT2D eigenvalue weighted by atomic mass is 16.2. The van der Waals surface area contributed by atoms with Crippen molar-refractivity contribution in [3.8, 4) is 0 Å². The first-order chi connectivity index (χ1) is 11.8. The van der Waals surface area contributed by atoms with E-state index in [1.54, 1.807) is 13.1 Å². The van der Waals surface area contributed by atoms with Gasteiger partial charge in [-0.05, 0) is 32.6 Å². The Morgan fingerprint density at radius 2 is 2.12 bits per heavy atom. The van der Waals surface area contributed by atoms with Crippen LogP contribution in [0.15, 0.2) is 12.3 Å². The van der Waals surface area contributed by atoms with E-state index >= 15 is 0 Å². The number of anilines is 1. The minimum absolute atomic E-state index is 0.0637. The summed E-state index contributed by atoms with van der Waals surface area (Å²) in [5, 5.41) is 10.7. The molecule has 1 aliphatic heterocycles. The third kappa shape index (κ3) is 4.81.